The zero-order valence-electron chi connectivity index (χ0n) is 16.3. The van der Waals surface area contributed by atoms with E-state index in [1.165, 1.54) is 6.42 Å². The Bertz CT molecular complexity index is 771. The Kier molecular flexibility index (Phi) is 6.22. The monoisotopic (exact) mass is 368 g/mol. The zero-order chi connectivity index (χ0) is 19.2. The molecule has 0 aliphatic carbocycles. The summed E-state index contributed by atoms with van der Waals surface area (Å²) in [6.45, 7) is 3.65. The highest BCUT2D eigenvalue weighted by Crippen LogP contribution is 2.35. The molecule has 1 amide bonds. The number of hydrogen-bond acceptors (Lipinski definition) is 4. The maximum Gasteiger partial charge on any atom is 0.249 e. The van der Waals surface area contributed by atoms with Crippen LogP contribution >= 0.6 is 0 Å². The number of rotatable bonds is 6. The fraction of sp³-hybridized carbons (Fsp3) is 0.409. The molecule has 0 aromatic heterocycles. The molecule has 27 heavy (non-hydrogen) atoms. The topological polar surface area (TPSA) is 50.8 Å². The molecule has 2 aromatic carbocycles. The first-order valence-corrected chi connectivity index (χ1v) is 9.47. The SMILES string of the molecule is COc1cc(C)c(N[C@@H](C(=O)N2CCCCC2)c2ccccc2)cc1OC. The Hall–Kier alpha value is -2.69. The lowest BCUT2D eigenvalue weighted by atomic mass is 10.0. The number of benzene rings is 2. The number of ether oxygens (including phenoxy) is 2. The van der Waals surface area contributed by atoms with Crippen LogP contribution in [0, 0.1) is 6.92 Å². The molecule has 1 heterocycles. The number of carbonyl (C=O) groups is 1. The summed E-state index contributed by atoms with van der Waals surface area (Å²) < 4.78 is 10.8. The van der Waals surface area contributed by atoms with Gasteiger partial charge in [0.05, 0.1) is 14.2 Å². The van der Waals surface area contributed by atoms with Gasteiger partial charge in [-0.05, 0) is 43.4 Å². The molecule has 1 fully saturated rings. The van der Waals surface area contributed by atoms with Crippen molar-refractivity contribution in [3.63, 3.8) is 0 Å². The number of carbonyl (C=O) groups excluding carboxylic acids is 1. The molecule has 2 aromatic rings. The molecule has 0 radical (unpaired) electrons. The molecule has 0 spiro atoms. The molecular formula is C22H28N2O3. The summed E-state index contributed by atoms with van der Waals surface area (Å²) in [5.41, 5.74) is 2.83. The van der Waals surface area contributed by atoms with Gasteiger partial charge in [0.2, 0.25) is 5.91 Å². The van der Waals surface area contributed by atoms with E-state index in [9.17, 15) is 4.79 Å². The number of amides is 1. The van der Waals surface area contributed by atoms with Crippen LogP contribution in [0.3, 0.4) is 0 Å². The third kappa shape index (κ3) is 4.35. The van der Waals surface area contributed by atoms with Crippen molar-refractivity contribution in [1.82, 2.24) is 4.90 Å². The summed E-state index contributed by atoms with van der Waals surface area (Å²) in [6.07, 6.45) is 3.34. The molecule has 0 saturated carbocycles. The van der Waals surface area contributed by atoms with Crippen molar-refractivity contribution >= 4 is 11.6 Å². The quantitative estimate of drug-likeness (QED) is 0.831. The minimum atomic E-state index is -0.430. The van der Waals surface area contributed by atoms with Gasteiger partial charge in [-0.1, -0.05) is 30.3 Å². The maximum atomic E-state index is 13.3. The van der Waals surface area contributed by atoms with Crippen molar-refractivity contribution in [3.8, 4) is 11.5 Å². The van der Waals surface area contributed by atoms with Crippen molar-refractivity contribution in [2.75, 3.05) is 32.6 Å². The number of anilines is 1. The van der Waals surface area contributed by atoms with Gasteiger partial charge in [-0.25, -0.2) is 0 Å². The summed E-state index contributed by atoms with van der Waals surface area (Å²) in [4.78, 5) is 15.3. The molecule has 3 rings (SSSR count). The van der Waals surface area contributed by atoms with Crippen molar-refractivity contribution < 1.29 is 14.3 Å². The van der Waals surface area contributed by atoms with E-state index in [1.807, 2.05) is 54.3 Å². The second-order valence-electron chi connectivity index (χ2n) is 6.90. The second-order valence-corrected chi connectivity index (χ2v) is 6.90. The fourth-order valence-corrected chi connectivity index (χ4v) is 3.52. The van der Waals surface area contributed by atoms with E-state index < -0.39 is 6.04 Å². The Morgan fingerprint density at radius 2 is 1.63 bits per heavy atom. The zero-order valence-corrected chi connectivity index (χ0v) is 16.3. The largest absolute Gasteiger partial charge is 0.493 e. The molecule has 1 aliphatic rings. The molecule has 144 valence electrons. The Morgan fingerprint density at radius 1 is 1.00 bits per heavy atom. The molecular weight excluding hydrogens is 340 g/mol. The van der Waals surface area contributed by atoms with Gasteiger partial charge in [0.15, 0.2) is 11.5 Å². The summed E-state index contributed by atoms with van der Waals surface area (Å²) in [5.74, 6) is 1.44. The summed E-state index contributed by atoms with van der Waals surface area (Å²) >= 11 is 0. The minimum Gasteiger partial charge on any atom is -0.493 e. The summed E-state index contributed by atoms with van der Waals surface area (Å²) in [6, 6.07) is 13.3. The van der Waals surface area contributed by atoms with Gasteiger partial charge >= 0.3 is 0 Å². The van der Waals surface area contributed by atoms with Crippen LogP contribution in [0.25, 0.3) is 0 Å². The third-order valence-electron chi connectivity index (χ3n) is 5.08. The predicted molar refractivity (Wildman–Crippen MR) is 108 cm³/mol. The maximum absolute atomic E-state index is 13.3. The standard InChI is InChI=1S/C22H28N2O3/c1-16-14-19(26-2)20(27-3)15-18(16)23-21(17-10-6-4-7-11-17)22(25)24-12-8-5-9-13-24/h4,6-7,10-11,14-15,21,23H,5,8-9,12-13H2,1-3H3/t21-/m1/s1. The van der Waals surface area contributed by atoms with Crippen molar-refractivity contribution in [3.05, 3.63) is 53.6 Å². The number of hydrogen-bond donors (Lipinski definition) is 1. The molecule has 1 saturated heterocycles. The number of piperidine rings is 1. The van der Waals surface area contributed by atoms with E-state index in [-0.39, 0.29) is 5.91 Å². The Balaban J connectivity index is 1.93. The first kappa shape index (κ1) is 19.1. The van der Waals surface area contributed by atoms with Crippen molar-refractivity contribution in [2.24, 2.45) is 0 Å². The van der Waals surface area contributed by atoms with Gasteiger partial charge in [0, 0.05) is 24.8 Å². The average molecular weight is 368 g/mol. The van der Waals surface area contributed by atoms with Gasteiger partial charge in [-0.2, -0.15) is 0 Å². The van der Waals surface area contributed by atoms with Crippen LogP contribution in [-0.2, 0) is 4.79 Å². The van der Waals surface area contributed by atoms with Gasteiger partial charge in [-0.3, -0.25) is 4.79 Å². The van der Waals surface area contributed by atoms with Crippen LogP contribution in [0.5, 0.6) is 11.5 Å². The second kappa shape index (κ2) is 8.80. The molecule has 5 nitrogen and oxygen atoms in total. The van der Waals surface area contributed by atoms with Gasteiger partial charge < -0.3 is 19.7 Å². The minimum absolute atomic E-state index is 0.120. The highest BCUT2D eigenvalue weighted by Gasteiger charge is 2.27. The first-order chi connectivity index (χ1) is 13.1. The van der Waals surface area contributed by atoms with E-state index in [0.717, 1.165) is 42.7 Å². The number of nitrogens with zero attached hydrogens (tertiary/aromatic N) is 1. The molecule has 1 aliphatic heterocycles. The van der Waals surface area contributed by atoms with E-state index >= 15 is 0 Å². The number of methoxy groups -OCH3 is 2. The lowest BCUT2D eigenvalue weighted by Gasteiger charge is -2.31. The number of nitrogens with one attached hydrogen (secondary N) is 1. The van der Waals surface area contributed by atoms with E-state index in [0.29, 0.717) is 11.5 Å². The van der Waals surface area contributed by atoms with Crippen LogP contribution in [0.2, 0.25) is 0 Å². The Morgan fingerprint density at radius 3 is 2.26 bits per heavy atom. The Labute approximate surface area is 161 Å². The smallest absolute Gasteiger partial charge is 0.249 e. The lowest BCUT2D eigenvalue weighted by molar-refractivity contribution is -0.133. The van der Waals surface area contributed by atoms with E-state index in [4.69, 9.17) is 9.47 Å². The fourth-order valence-electron chi connectivity index (χ4n) is 3.52. The van der Waals surface area contributed by atoms with Crippen LogP contribution in [0.1, 0.15) is 36.4 Å². The van der Waals surface area contributed by atoms with Crippen LogP contribution in [-0.4, -0.2) is 38.1 Å². The number of aryl methyl sites for hydroxylation is 1. The van der Waals surface area contributed by atoms with Gasteiger partial charge in [0.1, 0.15) is 6.04 Å². The van der Waals surface area contributed by atoms with Gasteiger partial charge in [0.25, 0.3) is 0 Å². The summed E-state index contributed by atoms with van der Waals surface area (Å²) in [7, 11) is 3.24. The molecule has 1 N–H and O–H groups in total. The normalized spacial score (nSPS) is 15.1. The van der Waals surface area contributed by atoms with E-state index in [1.54, 1.807) is 14.2 Å². The van der Waals surface area contributed by atoms with Crippen LogP contribution in [0.15, 0.2) is 42.5 Å². The molecule has 0 unspecified atom stereocenters. The lowest BCUT2D eigenvalue weighted by Crippen LogP contribution is -2.41. The predicted octanol–water partition coefficient (Wildman–Crippen LogP) is 4.18. The van der Waals surface area contributed by atoms with Crippen LogP contribution < -0.4 is 14.8 Å². The first-order valence-electron chi connectivity index (χ1n) is 9.47. The van der Waals surface area contributed by atoms with Crippen molar-refractivity contribution in [1.29, 1.82) is 0 Å². The highest BCUT2D eigenvalue weighted by atomic mass is 16.5. The third-order valence-corrected chi connectivity index (χ3v) is 5.08. The van der Waals surface area contributed by atoms with Gasteiger partial charge in [-0.15, -0.1) is 0 Å². The average Bonchev–Trinajstić information content (AvgIpc) is 2.73. The van der Waals surface area contributed by atoms with E-state index in [2.05, 4.69) is 5.32 Å². The molecule has 0 bridgehead atoms. The number of likely N-dealkylation sites (tertiary alicyclic amines) is 1. The molecule has 5 heteroatoms. The highest BCUT2D eigenvalue weighted by molar-refractivity contribution is 5.86. The molecule has 1 atom stereocenters. The van der Waals surface area contributed by atoms with Crippen LogP contribution in [0.4, 0.5) is 5.69 Å². The van der Waals surface area contributed by atoms with Crippen molar-refractivity contribution in [2.45, 2.75) is 32.2 Å². The summed E-state index contributed by atoms with van der Waals surface area (Å²) in [5, 5.41) is 3.46.